The molecule has 1 aliphatic rings. The molecule has 1 aromatic carbocycles. The molecule has 5 rings (SSSR count). The van der Waals surface area contributed by atoms with Crippen molar-refractivity contribution in [2.75, 3.05) is 19.5 Å². The Morgan fingerprint density at radius 2 is 2.04 bits per heavy atom. The van der Waals surface area contributed by atoms with Crippen LogP contribution in [0.15, 0.2) is 46.6 Å². The van der Waals surface area contributed by atoms with Crippen LogP contribution in [0.1, 0.15) is 12.0 Å². The van der Waals surface area contributed by atoms with Gasteiger partial charge in [-0.15, -0.1) is 5.10 Å². The van der Waals surface area contributed by atoms with Crippen molar-refractivity contribution < 1.29 is 9.47 Å². The summed E-state index contributed by atoms with van der Waals surface area (Å²) in [5, 5.41) is 5.52. The van der Waals surface area contributed by atoms with E-state index >= 15 is 0 Å². The highest BCUT2D eigenvalue weighted by molar-refractivity contribution is 7.98. The van der Waals surface area contributed by atoms with Gasteiger partial charge in [0.05, 0.1) is 30.7 Å². The number of benzene rings is 1. The number of nitrogens with zero attached hydrogens (tertiary/aromatic N) is 5. The van der Waals surface area contributed by atoms with E-state index < -0.39 is 0 Å². The van der Waals surface area contributed by atoms with Crippen molar-refractivity contribution in [2.24, 2.45) is 0 Å². The van der Waals surface area contributed by atoms with Crippen molar-refractivity contribution in [1.82, 2.24) is 24.1 Å². The topological polar surface area (TPSA) is 83.5 Å². The normalized spacial score (nSPS) is 13.8. The number of pyridine rings is 1. The Morgan fingerprint density at radius 3 is 2.89 bits per heavy atom. The Bertz CT molecular complexity index is 1250. The molecule has 0 aliphatic carbocycles. The molecule has 0 saturated heterocycles. The van der Waals surface area contributed by atoms with Crippen LogP contribution in [0.3, 0.4) is 0 Å². The van der Waals surface area contributed by atoms with Crippen LogP contribution in [0.5, 0.6) is 11.5 Å². The van der Waals surface area contributed by atoms with Crippen LogP contribution >= 0.6 is 11.8 Å². The van der Waals surface area contributed by atoms with Gasteiger partial charge in [-0.3, -0.25) is 4.79 Å². The molecule has 0 fully saturated rings. The fraction of sp³-hybridized carbons (Fsp3) is 0.263. The van der Waals surface area contributed by atoms with Crippen molar-refractivity contribution in [3.63, 3.8) is 0 Å². The van der Waals surface area contributed by atoms with E-state index in [9.17, 15) is 4.79 Å². The molecular formula is C19H17N5O3S. The molecule has 0 saturated carbocycles. The quantitative estimate of drug-likeness (QED) is 0.493. The predicted octanol–water partition coefficient (Wildman–Crippen LogP) is 2.37. The fourth-order valence-corrected chi connectivity index (χ4v) is 3.59. The van der Waals surface area contributed by atoms with Crippen molar-refractivity contribution >= 4 is 28.4 Å². The molecule has 142 valence electrons. The van der Waals surface area contributed by atoms with Crippen molar-refractivity contribution in [1.29, 1.82) is 0 Å². The number of hydrogen-bond donors (Lipinski definition) is 0. The molecule has 3 aromatic heterocycles. The van der Waals surface area contributed by atoms with Crippen LogP contribution in [-0.2, 0) is 6.54 Å². The zero-order valence-electron chi connectivity index (χ0n) is 15.2. The number of ether oxygens (including phenoxy) is 2. The molecule has 0 unspecified atom stereocenters. The summed E-state index contributed by atoms with van der Waals surface area (Å²) in [5.74, 6) is 1.95. The number of aromatic nitrogens is 5. The highest BCUT2D eigenvalue weighted by Crippen LogP contribution is 2.30. The number of thioether (sulfide) groups is 1. The summed E-state index contributed by atoms with van der Waals surface area (Å²) in [6.07, 6.45) is 6.10. The van der Waals surface area contributed by atoms with Crippen LogP contribution in [0.25, 0.3) is 16.7 Å². The zero-order valence-corrected chi connectivity index (χ0v) is 16.0. The lowest BCUT2D eigenvalue weighted by molar-refractivity contribution is 0.297. The van der Waals surface area contributed by atoms with Gasteiger partial charge in [-0.2, -0.15) is 9.50 Å². The second-order valence-electron chi connectivity index (χ2n) is 6.45. The second-order valence-corrected chi connectivity index (χ2v) is 7.22. The van der Waals surface area contributed by atoms with Crippen LogP contribution < -0.4 is 15.0 Å². The molecule has 0 spiro atoms. The maximum Gasteiger partial charge on any atom is 0.261 e. The molecule has 0 N–H and O–H groups in total. The molecular weight excluding hydrogens is 378 g/mol. The largest absolute Gasteiger partial charge is 0.490 e. The molecule has 0 atom stereocenters. The van der Waals surface area contributed by atoms with Gasteiger partial charge in [-0.1, -0.05) is 17.8 Å². The molecule has 9 heteroatoms. The summed E-state index contributed by atoms with van der Waals surface area (Å²) < 4.78 is 14.7. The van der Waals surface area contributed by atoms with Gasteiger partial charge in [0.2, 0.25) is 5.16 Å². The maximum absolute atomic E-state index is 13.0. The highest BCUT2D eigenvalue weighted by atomic mass is 32.2. The van der Waals surface area contributed by atoms with Gasteiger partial charge in [0, 0.05) is 18.8 Å². The van der Waals surface area contributed by atoms with Gasteiger partial charge < -0.3 is 14.0 Å². The van der Waals surface area contributed by atoms with Gasteiger partial charge >= 0.3 is 0 Å². The average Bonchev–Trinajstić information content (AvgIpc) is 3.01. The predicted molar refractivity (Wildman–Crippen MR) is 105 cm³/mol. The zero-order chi connectivity index (χ0) is 19.1. The number of rotatable bonds is 3. The first-order valence-electron chi connectivity index (χ1n) is 8.90. The monoisotopic (exact) mass is 395 g/mol. The Labute approximate surface area is 164 Å². The highest BCUT2D eigenvalue weighted by Gasteiger charge is 2.13. The molecule has 4 aromatic rings. The molecule has 28 heavy (non-hydrogen) atoms. The number of fused-ring (bicyclic) bond motifs is 4. The SMILES string of the molecule is CSc1nc2ncc3c(=O)n(Cc4ccc5c(c4)OCCCO5)ccc3n2n1. The molecule has 0 amide bonds. The Hall–Kier alpha value is -3.07. The summed E-state index contributed by atoms with van der Waals surface area (Å²) in [6.45, 7) is 1.71. The lowest BCUT2D eigenvalue weighted by Gasteiger charge is -2.11. The average molecular weight is 395 g/mol. The van der Waals surface area contributed by atoms with E-state index in [-0.39, 0.29) is 5.56 Å². The summed E-state index contributed by atoms with van der Waals surface area (Å²) >= 11 is 1.44. The van der Waals surface area contributed by atoms with Gasteiger partial charge in [0.15, 0.2) is 11.5 Å². The van der Waals surface area contributed by atoms with Gasteiger partial charge in [-0.25, -0.2) is 4.98 Å². The molecule has 4 heterocycles. The van der Waals surface area contributed by atoms with Gasteiger partial charge in [-0.05, 0) is 30.0 Å². The minimum absolute atomic E-state index is 0.125. The first-order valence-corrected chi connectivity index (χ1v) is 10.1. The van der Waals surface area contributed by atoms with E-state index in [1.165, 1.54) is 11.8 Å². The van der Waals surface area contributed by atoms with Crippen molar-refractivity contribution in [3.05, 3.63) is 52.6 Å². The summed E-state index contributed by atoms with van der Waals surface area (Å²) in [5.41, 5.74) is 1.53. The maximum atomic E-state index is 13.0. The Balaban J connectivity index is 1.54. The van der Waals surface area contributed by atoms with E-state index in [1.54, 1.807) is 21.5 Å². The summed E-state index contributed by atoms with van der Waals surface area (Å²) in [6, 6.07) is 7.65. The fourth-order valence-electron chi connectivity index (χ4n) is 3.26. The lowest BCUT2D eigenvalue weighted by Crippen LogP contribution is -2.21. The van der Waals surface area contributed by atoms with Crippen molar-refractivity contribution in [2.45, 2.75) is 18.1 Å². The number of hydrogen-bond acceptors (Lipinski definition) is 7. The first kappa shape index (κ1) is 17.1. The Morgan fingerprint density at radius 1 is 1.18 bits per heavy atom. The first-order chi connectivity index (χ1) is 13.7. The summed E-state index contributed by atoms with van der Waals surface area (Å²) in [4.78, 5) is 21.6. The minimum atomic E-state index is -0.125. The van der Waals surface area contributed by atoms with E-state index in [1.807, 2.05) is 30.5 Å². The lowest BCUT2D eigenvalue weighted by atomic mass is 10.2. The smallest absolute Gasteiger partial charge is 0.261 e. The van der Waals surface area contributed by atoms with E-state index in [4.69, 9.17) is 9.47 Å². The van der Waals surface area contributed by atoms with E-state index in [0.29, 0.717) is 41.6 Å². The molecule has 8 nitrogen and oxygen atoms in total. The van der Waals surface area contributed by atoms with E-state index in [2.05, 4.69) is 15.1 Å². The van der Waals surface area contributed by atoms with Crippen LogP contribution in [0.2, 0.25) is 0 Å². The standard InChI is InChI=1S/C19H17N5O3S/c1-28-19-21-18-20-10-13-14(24(18)22-19)5-6-23(17(13)25)11-12-3-4-15-16(9-12)27-8-2-7-26-15/h3-6,9-10H,2,7-8,11H2,1H3. The second kappa shape index (κ2) is 6.83. The Kier molecular flexibility index (Phi) is 4.16. The van der Waals surface area contributed by atoms with Crippen LogP contribution in [0, 0.1) is 0 Å². The van der Waals surface area contributed by atoms with Gasteiger partial charge in [0.25, 0.3) is 11.3 Å². The molecule has 0 bridgehead atoms. The van der Waals surface area contributed by atoms with Crippen molar-refractivity contribution in [3.8, 4) is 11.5 Å². The van der Waals surface area contributed by atoms with Gasteiger partial charge in [0.1, 0.15) is 0 Å². The molecule has 0 radical (unpaired) electrons. The third kappa shape index (κ3) is 2.88. The minimum Gasteiger partial charge on any atom is -0.490 e. The molecule has 1 aliphatic heterocycles. The summed E-state index contributed by atoms with van der Waals surface area (Å²) in [7, 11) is 0. The third-order valence-electron chi connectivity index (χ3n) is 4.63. The third-order valence-corrected chi connectivity index (χ3v) is 5.17. The van der Waals surface area contributed by atoms with Crippen LogP contribution in [0.4, 0.5) is 0 Å². The van der Waals surface area contributed by atoms with Crippen LogP contribution in [-0.4, -0.2) is 43.6 Å². The van der Waals surface area contributed by atoms with E-state index in [0.717, 1.165) is 23.5 Å².